The van der Waals surface area contributed by atoms with Gasteiger partial charge in [0.15, 0.2) is 0 Å². The molecule has 0 aromatic rings. The smallest absolute Gasteiger partial charge is 0.236 e. The summed E-state index contributed by atoms with van der Waals surface area (Å²) in [5.41, 5.74) is -0.453. The van der Waals surface area contributed by atoms with Crippen LogP contribution in [0.2, 0.25) is 0 Å². The van der Waals surface area contributed by atoms with Crippen molar-refractivity contribution in [2.45, 2.75) is 26.4 Å². The Bertz CT molecular complexity index is 93.1. The molecular weight excluding hydrogens is 103 g/mol. The molecule has 0 aliphatic carbocycles. The van der Waals surface area contributed by atoms with Gasteiger partial charge in [0.1, 0.15) is 5.60 Å². The minimum absolute atomic E-state index is 0.453. The van der Waals surface area contributed by atoms with E-state index < -0.39 is 11.5 Å². The Labute approximate surface area is 50.6 Å². The maximum atomic E-state index is 10.0. The Morgan fingerprint density at radius 1 is 1.50 bits per heavy atom. The van der Waals surface area contributed by atoms with E-state index in [0.29, 0.717) is 0 Å². The van der Waals surface area contributed by atoms with Gasteiger partial charge in [-0.05, 0) is 20.8 Å². The molecule has 0 unspecified atom stereocenters. The molecule has 0 rings (SSSR count). The molecule has 0 amide bonds. The molecule has 0 aliphatic rings. The van der Waals surface area contributed by atoms with E-state index in [1.165, 1.54) is 0 Å². The number of hydrogen-bond donors (Lipinski definition) is 0. The predicted molar refractivity (Wildman–Crippen MR) is 32.0 cm³/mol. The van der Waals surface area contributed by atoms with E-state index in [4.69, 9.17) is 7.85 Å². The highest BCUT2D eigenvalue weighted by atomic mass is 16.5. The molecule has 0 saturated heterocycles. The van der Waals surface area contributed by atoms with Crippen molar-refractivity contribution in [3.8, 4) is 0 Å². The van der Waals surface area contributed by atoms with Gasteiger partial charge in [0.25, 0.3) is 0 Å². The summed E-state index contributed by atoms with van der Waals surface area (Å²) in [7, 11) is 4.72. The van der Waals surface area contributed by atoms with Crippen LogP contribution >= 0.6 is 0 Å². The van der Waals surface area contributed by atoms with Crippen molar-refractivity contribution in [3.63, 3.8) is 0 Å². The predicted octanol–water partition coefficient (Wildman–Crippen LogP) is 1.09. The van der Waals surface area contributed by atoms with E-state index in [0.717, 1.165) is 0 Å². The van der Waals surface area contributed by atoms with Crippen LogP contribution in [-0.2, 0) is 4.74 Å². The third kappa shape index (κ3) is 5.53. The highest BCUT2D eigenvalue weighted by Crippen LogP contribution is 2.05. The Morgan fingerprint density at radius 2 is 1.88 bits per heavy atom. The summed E-state index contributed by atoms with van der Waals surface area (Å²) in [4.78, 5) is 10.0. The molecule has 2 nitrogen and oxygen atoms in total. The minimum Gasteiger partial charge on any atom is -0.469 e. The first kappa shape index (κ1) is 7.53. The molecule has 0 aliphatic heterocycles. The largest absolute Gasteiger partial charge is 0.469 e. The zero-order valence-electron chi connectivity index (χ0n) is 5.39. The van der Waals surface area contributed by atoms with E-state index in [1.54, 1.807) is 20.8 Å². The standard InChI is InChI=1S/C5H9BO2/c1-5(2,3)8-4(6)7/h1-3H3. The highest BCUT2D eigenvalue weighted by Gasteiger charge is 2.11. The molecular formula is C5H9BO2. The lowest BCUT2D eigenvalue weighted by atomic mass is 10.1. The zero-order chi connectivity index (χ0) is 6.78. The number of rotatable bonds is 0. The van der Waals surface area contributed by atoms with Crippen LogP contribution in [0.1, 0.15) is 20.8 Å². The molecule has 0 aromatic heterocycles. The Morgan fingerprint density at radius 3 is 1.88 bits per heavy atom. The summed E-state index contributed by atoms with van der Waals surface area (Å²) in [6.45, 7) is 5.28. The minimum atomic E-state index is -0.725. The Kier molecular flexibility index (Phi) is 2.07. The van der Waals surface area contributed by atoms with Crippen LogP contribution in [0, 0.1) is 0 Å². The second-order valence-electron chi connectivity index (χ2n) is 2.53. The molecule has 0 N–H and O–H groups in total. The van der Waals surface area contributed by atoms with Crippen LogP contribution in [0.5, 0.6) is 0 Å². The van der Waals surface area contributed by atoms with Crippen molar-refractivity contribution in [3.05, 3.63) is 0 Å². The Hall–Kier alpha value is -0.465. The van der Waals surface area contributed by atoms with Crippen molar-refractivity contribution >= 4 is 13.7 Å². The summed E-state index contributed by atoms with van der Waals surface area (Å²) >= 11 is 0. The summed E-state index contributed by atoms with van der Waals surface area (Å²) in [5, 5.41) is 0. The van der Waals surface area contributed by atoms with Crippen LogP contribution < -0.4 is 0 Å². The molecule has 8 heavy (non-hydrogen) atoms. The fraction of sp³-hybridized carbons (Fsp3) is 0.800. The first-order chi connectivity index (χ1) is 3.42. The maximum absolute atomic E-state index is 10.0. The number of ether oxygens (including phenoxy) is 1. The van der Waals surface area contributed by atoms with E-state index in [1.807, 2.05) is 0 Å². The summed E-state index contributed by atoms with van der Waals surface area (Å²) < 4.78 is 4.58. The van der Waals surface area contributed by atoms with Gasteiger partial charge in [-0.15, -0.1) is 0 Å². The van der Waals surface area contributed by atoms with E-state index >= 15 is 0 Å². The van der Waals surface area contributed by atoms with Gasteiger partial charge in [0, 0.05) is 0 Å². The van der Waals surface area contributed by atoms with Gasteiger partial charge in [-0.1, -0.05) is 0 Å². The van der Waals surface area contributed by atoms with Gasteiger partial charge in [0.05, 0.1) is 0 Å². The molecule has 2 radical (unpaired) electrons. The maximum Gasteiger partial charge on any atom is 0.236 e. The van der Waals surface area contributed by atoms with E-state index in [9.17, 15) is 4.79 Å². The number of hydrogen-bond acceptors (Lipinski definition) is 2. The van der Waals surface area contributed by atoms with Gasteiger partial charge in [-0.25, -0.2) is 0 Å². The van der Waals surface area contributed by atoms with Gasteiger partial charge < -0.3 is 4.74 Å². The molecule has 0 heterocycles. The van der Waals surface area contributed by atoms with Gasteiger partial charge in [-0.2, -0.15) is 0 Å². The summed E-state index contributed by atoms with van der Waals surface area (Å²) in [6.07, 6.45) is 0. The fourth-order valence-corrected chi connectivity index (χ4v) is 0.302. The van der Waals surface area contributed by atoms with E-state index in [-0.39, 0.29) is 0 Å². The SMILES string of the molecule is [B]C(=O)OC(C)(C)C. The number of carbonyl (C=O) groups excluding carboxylic acids is 1. The molecule has 0 fully saturated rings. The van der Waals surface area contributed by atoms with Crippen molar-refractivity contribution in [1.29, 1.82) is 0 Å². The summed E-state index contributed by atoms with van der Waals surface area (Å²) in [5.74, 6) is -0.725. The van der Waals surface area contributed by atoms with E-state index in [2.05, 4.69) is 4.74 Å². The lowest BCUT2D eigenvalue weighted by Crippen LogP contribution is -2.22. The van der Waals surface area contributed by atoms with Crippen molar-refractivity contribution in [1.82, 2.24) is 0 Å². The third-order valence-corrected chi connectivity index (χ3v) is 0.407. The van der Waals surface area contributed by atoms with Crippen molar-refractivity contribution in [2.75, 3.05) is 0 Å². The molecule has 44 valence electrons. The molecule has 3 heteroatoms. The average Bonchev–Trinajstić information content (AvgIpc) is 1.21. The van der Waals surface area contributed by atoms with Gasteiger partial charge in [-0.3, -0.25) is 4.79 Å². The quantitative estimate of drug-likeness (QED) is 0.438. The monoisotopic (exact) mass is 112 g/mol. The normalized spacial score (nSPS) is 10.9. The third-order valence-electron chi connectivity index (χ3n) is 0.407. The summed E-state index contributed by atoms with van der Waals surface area (Å²) in [6, 6.07) is 0. The second kappa shape index (κ2) is 2.20. The average molecular weight is 112 g/mol. The van der Waals surface area contributed by atoms with Crippen LogP contribution in [-0.4, -0.2) is 19.3 Å². The van der Waals surface area contributed by atoms with Gasteiger partial charge >= 0.3 is 0 Å². The lowest BCUT2D eigenvalue weighted by molar-refractivity contribution is 0.0724. The van der Waals surface area contributed by atoms with Crippen LogP contribution in [0.3, 0.4) is 0 Å². The van der Waals surface area contributed by atoms with Crippen molar-refractivity contribution in [2.24, 2.45) is 0 Å². The second-order valence-corrected chi connectivity index (χ2v) is 2.53. The zero-order valence-corrected chi connectivity index (χ0v) is 5.39. The van der Waals surface area contributed by atoms with Crippen LogP contribution in [0.4, 0.5) is 4.79 Å². The lowest BCUT2D eigenvalue weighted by Gasteiger charge is -2.17. The van der Waals surface area contributed by atoms with Crippen LogP contribution in [0.15, 0.2) is 0 Å². The topological polar surface area (TPSA) is 26.3 Å². The molecule has 0 spiro atoms. The molecule has 0 bridgehead atoms. The molecule has 0 aromatic carbocycles. The first-order valence-corrected chi connectivity index (χ1v) is 2.40. The number of carbonyl (C=O) groups is 1. The van der Waals surface area contributed by atoms with Gasteiger partial charge in [0.2, 0.25) is 13.7 Å². The van der Waals surface area contributed by atoms with Crippen LogP contribution in [0.25, 0.3) is 0 Å². The fourth-order valence-electron chi connectivity index (χ4n) is 0.302. The first-order valence-electron chi connectivity index (χ1n) is 2.40. The Balaban J connectivity index is 3.55. The van der Waals surface area contributed by atoms with Crippen molar-refractivity contribution < 1.29 is 9.53 Å². The highest BCUT2D eigenvalue weighted by molar-refractivity contribution is 6.55. The molecule has 0 saturated carbocycles. The molecule has 0 atom stereocenters.